The normalized spacial score (nSPS) is 11.1. The van der Waals surface area contributed by atoms with E-state index in [1.807, 2.05) is 0 Å². The van der Waals surface area contributed by atoms with Gasteiger partial charge in [0, 0.05) is 13.1 Å². The SMILES string of the molecule is CCCCNC(=O)NCC(C)(C)CC. The van der Waals surface area contributed by atoms with Crippen LogP contribution in [0, 0.1) is 5.41 Å². The first-order valence-electron chi connectivity index (χ1n) is 5.53. The molecule has 0 aliphatic rings. The quantitative estimate of drug-likeness (QED) is 0.636. The van der Waals surface area contributed by atoms with Gasteiger partial charge in [0.25, 0.3) is 0 Å². The molecule has 0 saturated heterocycles. The van der Waals surface area contributed by atoms with E-state index < -0.39 is 0 Å². The largest absolute Gasteiger partial charge is 0.338 e. The lowest BCUT2D eigenvalue weighted by Crippen LogP contribution is -2.40. The molecule has 2 N–H and O–H groups in total. The standard InChI is InChI=1S/C11H24N2O/c1-5-7-8-12-10(14)13-9-11(3,4)6-2/h5-9H2,1-4H3,(H2,12,13,14). The molecule has 0 aromatic carbocycles. The number of urea groups is 1. The highest BCUT2D eigenvalue weighted by atomic mass is 16.2. The number of rotatable bonds is 6. The molecule has 3 nitrogen and oxygen atoms in total. The molecular weight excluding hydrogens is 176 g/mol. The summed E-state index contributed by atoms with van der Waals surface area (Å²) in [7, 11) is 0. The molecule has 0 aliphatic carbocycles. The van der Waals surface area contributed by atoms with E-state index in [9.17, 15) is 4.79 Å². The van der Waals surface area contributed by atoms with Gasteiger partial charge in [-0.05, 0) is 18.3 Å². The summed E-state index contributed by atoms with van der Waals surface area (Å²) in [5.74, 6) is 0. The maximum absolute atomic E-state index is 11.3. The number of carbonyl (C=O) groups excluding carboxylic acids is 1. The van der Waals surface area contributed by atoms with Crippen molar-refractivity contribution < 1.29 is 4.79 Å². The molecule has 0 bridgehead atoms. The van der Waals surface area contributed by atoms with Crippen LogP contribution < -0.4 is 10.6 Å². The van der Waals surface area contributed by atoms with E-state index in [0.29, 0.717) is 0 Å². The average Bonchev–Trinajstić information content (AvgIpc) is 2.16. The van der Waals surface area contributed by atoms with E-state index in [0.717, 1.165) is 32.4 Å². The summed E-state index contributed by atoms with van der Waals surface area (Å²) in [6, 6.07) is -0.0417. The van der Waals surface area contributed by atoms with Gasteiger partial charge in [0.1, 0.15) is 0 Å². The topological polar surface area (TPSA) is 41.1 Å². The smallest absolute Gasteiger partial charge is 0.314 e. The van der Waals surface area contributed by atoms with Gasteiger partial charge >= 0.3 is 6.03 Å². The Hall–Kier alpha value is -0.730. The van der Waals surface area contributed by atoms with Crippen molar-refractivity contribution in [1.29, 1.82) is 0 Å². The van der Waals surface area contributed by atoms with Crippen molar-refractivity contribution in [2.45, 2.75) is 47.0 Å². The minimum Gasteiger partial charge on any atom is -0.338 e. The van der Waals surface area contributed by atoms with Crippen LogP contribution in [-0.4, -0.2) is 19.1 Å². The zero-order valence-electron chi connectivity index (χ0n) is 9.94. The van der Waals surface area contributed by atoms with Crippen LogP contribution in [0.4, 0.5) is 4.79 Å². The molecule has 0 heterocycles. The van der Waals surface area contributed by atoms with Crippen LogP contribution in [0.5, 0.6) is 0 Å². The molecule has 0 aliphatic heterocycles. The van der Waals surface area contributed by atoms with Crippen molar-refractivity contribution in [2.75, 3.05) is 13.1 Å². The van der Waals surface area contributed by atoms with Gasteiger partial charge in [-0.25, -0.2) is 4.79 Å². The van der Waals surface area contributed by atoms with E-state index in [1.54, 1.807) is 0 Å². The Balaban J connectivity index is 3.53. The summed E-state index contributed by atoms with van der Waals surface area (Å²) in [6.07, 6.45) is 3.23. The lowest BCUT2D eigenvalue weighted by molar-refractivity contribution is 0.232. The molecule has 0 aromatic rings. The van der Waals surface area contributed by atoms with Gasteiger partial charge in [-0.15, -0.1) is 0 Å². The Bertz CT molecular complexity index is 167. The van der Waals surface area contributed by atoms with Crippen LogP contribution in [-0.2, 0) is 0 Å². The molecule has 0 radical (unpaired) electrons. The van der Waals surface area contributed by atoms with E-state index in [2.05, 4.69) is 38.3 Å². The van der Waals surface area contributed by atoms with Crippen LogP contribution in [0.1, 0.15) is 47.0 Å². The Kier molecular flexibility index (Phi) is 6.34. The summed E-state index contributed by atoms with van der Waals surface area (Å²) < 4.78 is 0. The molecule has 84 valence electrons. The van der Waals surface area contributed by atoms with Crippen molar-refractivity contribution in [3.8, 4) is 0 Å². The number of nitrogens with one attached hydrogen (secondary N) is 2. The predicted octanol–water partition coefficient (Wildman–Crippen LogP) is 2.52. The maximum Gasteiger partial charge on any atom is 0.314 e. The Morgan fingerprint density at radius 1 is 1.21 bits per heavy atom. The summed E-state index contributed by atoms with van der Waals surface area (Å²) in [4.78, 5) is 11.3. The van der Waals surface area contributed by atoms with E-state index in [1.165, 1.54) is 0 Å². The molecule has 14 heavy (non-hydrogen) atoms. The van der Waals surface area contributed by atoms with E-state index in [4.69, 9.17) is 0 Å². The Labute approximate surface area is 87.6 Å². The highest BCUT2D eigenvalue weighted by Crippen LogP contribution is 2.17. The third-order valence-electron chi connectivity index (χ3n) is 2.50. The van der Waals surface area contributed by atoms with Gasteiger partial charge < -0.3 is 10.6 Å². The van der Waals surface area contributed by atoms with Gasteiger partial charge in [-0.3, -0.25) is 0 Å². The second-order valence-corrected chi connectivity index (χ2v) is 4.48. The lowest BCUT2D eigenvalue weighted by Gasteiger charge is -2.22. The fraction of sp³-hybridized carbons (Fsp3) is 0.909. The molecule has 3 heteroatoms. The van der Waals surface area contributed by atoms with Gasteiger partial charge in [0.2, 0.25) is 0 Å². The Morgan fingerprint density at radius 2 is 1.86 bits per heavy atom. The maximum atomic E-state index is 11.3. The van der Waals surface area contributed by atoms with E-state index >= 15 is 0 Å². The van der Waals surface area contributed by atoms with Crippen molar-refractivity contribution >= 4 is 6.03 Å². The second-order valence-electron chi connectivity index (χ2n) is 4.48. The molecule has 0 aromatic heterocycles. The van der Waals surface area contributed by atoms with Crippen LogP contribution in [0.3, 0.4) is 0 Å². The molecule has 2 amide bonds. The first-order chi connectivity index (χ1) is 6.52. The third kappa shape index (κ3) is 6.75. The van der Waals surface area contributed by atoms with Gasteiger partial charge in [-0.2, -0.15) is 0 Å². The van der Waals surface area contributed by atoms with Gasteiger partial charge in [0.15, 0.2) is 0 Å². The second kappa shape index (κ2) is 6.68. The van der Waals surface area contributed by atoms with Crippen LogP contribution in [0.15, 0.2) is 0 Å². The predicted molar refractivity (Wildman–Crippen MR) is 60.4 cm³/mol. The van der Waals surface area contributed by atoms with Crippen molar-refractivity contribution in [3.05, 3.63) is 0 Å². The molecule has 0 spiro atoms. The molecule has 0 atom stereocenters. The molecule has 0 unspecified atom stereocenters. The monoisotopic (exact) mass is 200 g/mol. The number of hydrogen-bond donors (Lipinski definition) is 2. The number of hydrogen-bond acceptors (Lipinski definition) is 1. The fourth-order valence-electron chi connectivity index (χ4n) is 0.886. The zero-order chi connectivity index (χ0) is 11.0. The first-order valence-corrected chi connectivity index (χ1v) is 5.53. The molecule has 0 rings (SSSR count). The molecular formula is C11H24N2O. The zero-order valence-corrected chi connectivity index (χ0v) is 9.94. The minimum atomic E-state index is -0.0417. The van der Waals surface area contributed by atoms with Crippen molar-refractivity contribution in [3.63, 3.8) is 0 Å². The van der Waals surface area contributed by atoms with Crippen molar-refractivity contribution in [2.24, 2.45) is 5.41 Å². The summed E-state index contributed by atoms with van der Waals surface area (Å²) in [5, 5.41) is 5.71. The number of amides is 2. The van der Waals surface area contributed by atoms with Gasteiger partial charge in [0.05, 0.1) is 0 Å². The van der Waals surface area contributed by atoms with Crippen LogP contribution in [0.2, 0.25) is 0 Å². The van der Waals surface area contributed by atoms with Gasteiger partial charge in [-0.1, -0.05) is 34.1 Å². The van der Waals surface area contributed by atoms with E-state index in [-0.39, 0.29) is 11.4 Å². The Morgan fingerprint density at radius 3 is 2.36 bits per heavy atom. The third-order valence-corrected chi connectivity index (χ3v) is 2.50. The lowest BCUT2D eigenvalue weighted by atomic mass is 9.90. The fourth-order valence-corrected chi connectivity index (χ4v) is 0.886. The molecule has 0 saturated carbocycles. The minimum absolute atomic E-state index is 0.0417. The highest BCUT2D eigenvalue weighted by Gasteiger charge is 2.15. The summed E-state index contributed by atoms with van der Waals surface area (Å²) in [5.41, 5.74) is 0.197. The van der Waals surface area contributed by atoms with Crippen molar-refractivity contribution in [1.82, 2.24) is 10.6 Å². The summed E-state index contributed by atoms with van der Waals surface area (Å²) >= 11 is 0. The van der Waals surface area contributed by atoms with Crippen LogP contribution >= 0.6 is 0 Å². The summed E-state index contributed by atoms with van der Waals surface area (Å²) in [6.45, 7) is 10.1. The van der Waals surface area contributed by atoms with Crippen LogP contribution in [0.25, 0.3) is 0 Å². The first kappa shape index (κ1) is 13.3. The molecule has 0 fully saturated rings. The highest BCUT2D eigenvalue weighted by molar-refractivity contribution is 5.73. The number of unbranched alkanes of at least 4 members (excludes halogenated alkanes) is 1. The average molecular weight is 200 g/mol. The number of carbonyl (C=O) groups is 1.